The molecule has 0 N–H and O–H groups in total. The van der Waals surface area contributed by atoms with Gasteiger partial charge in [0.25, 0.3) is 23.6 Å². The molecular weight excluding hydrogens is 380 g/mol. The summed E-state index contributed by atoms with van der Waals surface area (Å²) in [5.74, 6) is -1.66. The van der Waals surface area contributed by atoms with Crippen molar-refractivity contribution >= 4 is 34.4 Å². The lowest BCUT2D eigenvalue weighted by atomic mass is 9.85. The predicted octanol–water partition coefficient (Wildman–Crippen LogP) is 3.81. The van der Waals surface area contributed by atoms with Gasteiger partial charge in [-0.25, -0.2) is 0 Å². The van der Waals surface area contributed by atoms with E-state index >= 15 is 0 Å². The van der Waals surface area contributed by atoms with Crippen LogP contribution in [0.15, 0.2) is 54.6 Å². The Labute approximate surface area is 172 Å². The lowest BCUT2D eigenvalue weighted by molar-refractivity contribution is 0.0543. The van der Waals surface area contributed by atoms with E-state index in [1.165, 1.54) is 9.80 Å². The minimum absolute atomic E-state index is 0.252. The van der Waals surface area contributed by atoms with E-state index in [1.807, 2.05) is 37.3 Å². The number of hydrogen-bond donors (Lipinski definition) is 0. The summed E-state index contributed by atoms with van der Waals surface area (Å²) in [6, 6.07) is 15.2. The molecule has 0 spiro atoms. The maximum absolute atomic E-state index is 13.4. The molecule has 2 aliphatic heterocycles. The maximum atomic E-state index is 13.4. The Bertz CT molecular complexity index is 1210. The Morgan fingerprint density at radius 2 is 1.10 bits per heavy atom. The largest absolute Gasteiger partial charge is 0.275 e. The van der Waals surface area contributed by atoms with Gasteiger partial charge in [0.2, 0.25) is 0 Å². The van der Waals surface area contributed by atoms with E-state index < -0.39 is 29.7 Å². The molecule has 1 atom stereocenters. The summed E-state index contributed by atoms with van der Waals surface area (Å²) in [5, 5.41) is 0.798. The van der Waals surface area contributed by atoms with E-state index in [9.17, 15) is 19.2 Å². The molecule has 6 heteroatoms. The molecule has 0 fully saturated rings. The topological polar surface area (TPSA) is 74.8 Å². The second-order valence-corrected chi connectivity index (χ2v) is 7.49. The number of carbonyl (C=O) groups is 4. The smallest absolute Gasteiger partial charge is 0.261 e. The summed E-state index contributed by atoms with van der Waals surface area (Å²) in [7, 11) is 0. The molecule has 2 heterocycles. The van der Waals surface area contributed by atoms with Crippen molar-refractivity contribution in [2.45, 2.75) is 19.9 Å². The first kappa shape index (κ1) is 18.2. The highest BCUT2D eigenvalue weighted by Gasteiger charge is 2.40. The number of nitrogens with zero attached hydrogens (tertiary/aromatic N) is 2. The lowest BCUT2D eigenvalue weighted by Gasteiger charge is -2.34. The second-order valence-electron chi connectivity index (χ2n) is 7.49. The molecule has 148 valence electrons. The minimum atomic E-state index is -0.458. The van der Waals surface area contributed by atoms with Crippen molar-refractivity contribution in [1.29, 1.82) is 0 Å². The zero-order chi connectivity index (χ0) is 21.2. The maximum Gasteiger partial charge on any atom is 0.261 e. The molecule has 0 saturated heterocycles. The Morgan fingerprint density at radius 3 is 1.53 bits per heavy atom. The monoisotopic (exact) mass is 398 g/mol. The van der Waals surface area contributed by atoms with Gasteiger partial charge in [0.15, 0.2) is 0 Å². The second kappa shape index (κ2) is 6.35. The van der Waals surface area contributed by atoms with Crippen molar-refractivity contribution in [3.63, 3.8) is 0 Å². The molecule has 4 amide bonds. The number of carbonyl (C=O) groups excluding carboxylic acids is 4. The molecule has 0 aromatic heterocycles. The van der Waals surface area contributed by atoms with Crippen LogP contribution < -0.4 is 0 Å². The fourth-order valence-corrected chi connectivity index (χ4v) is 4.46. The van der Waals surface area contributed by atoms with E-state index in [4.69, 9.17) is 0 Å². The number of rotatable bonds is 3. The lowest BCUT2D eigenvalue weighted by Crippen LogP contribution is -2.44. The van der Waals surface area contributed by atoms with Crippen LogP contribution in [0.4, 0.5) is 0 Å². The van der Waals surface area contributed by atoms with Gasteiger partial charge in [-0.05, 0) is 43.7 Å². The van der Waals surface area contributed by atoms with Crippen LogP contribution in [-0.2, 0) is 0 Å². The highest BCUT2D eigenvalue weighted by Crippen LogP contribution is 2.39. The van der Waals surface area contributed by atoms with Crippen molar-refractivity contribution in [3.8, 4) is 0 Å². The molecule has 0 saturated carbocycles. The summed E-state index contributed by atoms with van der Waals surface area (Å²) >= 11 is 0. The van der Waals surface area contributed by atoms with E-state index in [0.717, 1.165) is 5.56 Å². The first-order valence-electron chi connectivity index (χ1n) is 9.84. The molecule has 1 unspecified atom stereocenters. The molecule has 0 radical (unpaired) electrons. The van der Waals surface area contributed by atoms with Gasteiger partial charge in [0.1, 0.15) is 0 Å². The van der Waals surface area contributed by atoms with Crippen LogP contribution in [-0.4, -0.2) is 40.0 Å². The fraction of sp³-hybridized carbons (Fsp3) is 0.167. The highest BCUT2D eigenvalue weighted by atomic mass is 16.2. The molecule has 3 aromatic carbocycles. The van der Waals surface area contributed by atoms with E-state index in [-0.39, 0.29) is 6.54 Å². The molecule has 2 aliphatic rings. The van der Waals surface area contributed by atoms with Crippen LogP contribution in [0.1, 0.15) is 66.9 Å². The third-order valence-corrected chi connectivity index (χ3v) is 6.00. The van der Waals surface area contributed by atoms with Crippen molar-refractivity contribution in [2.24, 2.45) is 0 Å². The zero-order valence-electron chi connectivity index (χ0n) is 16.5. The standard InChI is InChI=1S/C24H18N2O4/c1-3-25-21(27)15-9-11-17-20-18(12-10-16(19(15)20)22(25)28)24(30)26(23(17)29)13(2)14-7-5-4-6-8-14/h4-13H,3H2,1-2H3. The average Bonchev–Trinajstić information content (AvgIpc) is 2.77. The van der Waals surface area contributed by atoms with Crippen LogP contribution in [0.2, 0.25) is 0 Å². The molecule has 30 heavy (non-hydrogen) atoms. The Balaban J connectivity index is 1.74. The van der Waals surface area contributed by atoms with Crippen LogP contribution in [0.5, 0.6) is 0 Å². The van der Waals surface area contributed by atoms with Crippen molar-refractivity contribution in [3.05, 3.63) is 82.4 Å². The third kappa shape index (κ3) is 2.24. The summed E-state index contributed by atoms with van der Waals surface area (Å²) in [6.07, 6.45) is 0. The van der Waals surface area contributed by atoms with Gasteiger partial charge in [0.05, 0.1) is 6.04 Å². The molecule has 3 aromatic rings. The number of benzene rings is 3. The van der Waals surface area contributed by atoms with Crippen molar-refractivity contribution in [2.75, 3.05) is 6.54 Å². The van der Waals surface area contributed by atoms with Gasteiger partial charge < -0.3 is 0 Å². The minimum Gasteiger partial charge on any atom is -0.275 e. The fourth-order valence-electron chi connectivity index (χ4n) is 4.46. The number of amides is 4. The highest BCUT2D eigenvalue weighted by molar-refractivity contribution is 6.33. The van der Waals surface area contributed by atoms with Gasteiger partial charge >= 0.3 is 0 Å². The molecular formula is C24H18N2O4. The number of hydrogen-bond acceptors (Lipinski definition) is 4. The molecule has 0 bridgehead atoms. The Kier molecular flexibility index (Phi) is 3.86. The van der Waals surface area contributed by atoms with Gasteiger partial charge in [-0.15, -0.1) is 0 Å². The van der Waals surface area contributed by atoms with E-state index in [2.05, 4.69) is 0 Å². The average molecular weight is 398 g/mol. The summed E-state index contributed by atoms with van der Waals surface area (Å²) < 4.78 is 0. The normalized spacial score (nSPS) is 16.5. The van der Waals surface area contributed by atoms with Crippen LogP contribution in [0, 0.1) is 0 Å². The summed E-state index contributed by atoms with van der Waals surface area (Å²) in [5.41, 5.74) is 2.20. The van der Waals surface area contributed by atoms with E-state index in [1.54, 1.807) is 31.2 Å². The quantitative estimate of drug-likeness (QED) is 0.629. The third-order valence-electron chi connectivity index (χ3n) is 6.00. The van der Waals surface area contributed by atoms with Gasteiger partial charge in [0, 0.05) is 39.6 Å². The molecule has 6 nitrogen and oxygen atoms in total. The number of imide groups is 2. The van der Waals surface area contributed by atoms with Gasteiger partial charge in [-0.3, -0.25) is 29.0 Å². The van der Waals surface area contributed by atoms with Gasteiger partial charge in [-0.2, -0.15) is 0 Å². The zero-order valence-corrected chi connectivity index (χ0v) is 16.5. The summed E-state index contributed by atoms with van der Waals surface area (Å²) in [4.78, 5) is 54.8. The predicted molar refractivity (Wildman–Crippen MR) is 110 cm³/mol. The Morgan fingerprint density at radius 1 is 0.667 bits per heavy atom. The molecule has 0 aliphatic carbocycles. The Hall–Kier alpha value is -3.80. The van der Waals surface area contributed by atoms with Crippen LogP contribution in [0.3, 0.4) is 0 Å². The first-order chi connectivity index (χ1) is 14.5. The van der Waals surface area contributed by atoms with Gasteiger partial charge in [-0.1, -0.05) is 30.3 Å². The van der Waals surface area contributed by atoms with Crippen LogP contribution >= 0.6 is 0 Å². The summed E-state index contributed by atoms with van der Waals surface area (Å²) in [6.45, 7) is 3.80. The van der Waals surface area contributed by atoms with E-state index in [0.29, 0.717) is 33.0 Å². The van der Waals surface area contributed by atoms with Crippen molar-refractivity contribution < 1.29 is 19.2 Å². The SMILES string of the molecule is CCN1C(=O)c2ccc3c4c(ccc(c24)C1=O)C(=O)N(C(C)c1ccccc1)C3=O. The van der Waals surface area contributed by atoms with Crippen molar-refractivity contribution in [1.82, 2.24) is 9.80 Å². The first-order valence-corrected chi connectivity index (χ1v) is 9.84. The van der Waals surface area contributed by atoms with Crippen LogP contribution in [0.25, 0.3) is 10.8 Å². The molecule has 5 rings (SSSR count).